The van der Waals surface area contributed by atoms with Crippen LogP contribution in [0.1, 0.15) is 10.4 Å². The molecule has 26 heavy (non-hydrogen) atoms. The minimum atomic E-state index is -1.86. The number of carbonyl (C=O) groups excluding carboxylic acids is 1. The van der Waals surface area contributed by atoms with Crippen LogP contribution in [0.4, 0.5) is 5.69 Å². The van der Waals surface area contributed by atoms with Crippen molar-refractivity contribution in [2.45, 2.75) is 9.96 Å². The molecule has 0 aliphatic rings. The molecule has 0 heterocycles. The van der Waals surface area contributed by atoms with E-state index in [1.807, 2.05) is 0 Å². The molecule has 2 aromatic rings. The zero-order chi connectivity index (χ0) is 19.3. The van der Waals surface area contributed by atoms with Crippen LogP contribution >= 0.6 is 74.6 Å². The number of nitrogens with one attached hydrogen (secondary N) is 3. The van der Waals surface area contributed by atoms with E-state index in [-0.39, 0.29) is 5.11 Å². The Labute approximate surface area is 184 Å². The highest BCUT2D eigenvalue weighted by molar-refractivity contribution is 9.10. The van der Waals surface area contributed by atoms with Crippen molar-refractivity contribution in [1.82, 2.24) is 10.6 Å². The first-order chi connectivity index (χ1) is 12.2. The highest BCUT2D eigenvalue weighted by Gasteiger charge is 2.35. The molecule has 138 valence electrons. The first-order valence-corrected chi connectivity index (χ1v) is 9.84. The molecule has 10 heteroatoms. The maximum Gasteiger partial charge on any atom is 0.254 e. The maximum absolute atomic E-state index is 12.5. The maximum atomic E-state index is 12.5. The van der Waals surface area contributed by atoms with Crippen molar-refractivity contribution in [2.75, 3.05) is 5.32 Å². The SMILES string of the molecule is O=C(N[C@@H](NC(=S)Nc1ccccc1Cl)C(Cl)(Cl)Cl)c1ccccc1Br. The summed E-state index contributed by atoms with van der Waals surface area (Å²) in [7, 11) is 0. The third-order valence-corrected chi connectivity index (χ3v) is 5.01. The van der Waals surface area contributed by atoms with E-state index in [2.05, 4.69) is 31.9 Å². The first-order valence-electron chi connectivity index (χ1n) is 7.12. The zero-order valence-electron chi connectivity index (χ0n) is 12.9. The molecular formula is C16H12BrCl4N3OS. The molecule has 0 unspecified atom stereocenters. The Morgan fingerprint density at radius 2 is 1.65 bits per heavy atom. The number of benzene rings is 2. The number of alkyl halides is 3. The summed E-state index contributed by atoms with van der Waals surface area (Å²) < 4.78 is -1.25. The number of hydrogen-bond acceptors (Lipinski definition) is 2. The molecule has 0 aliphatic carbocycles. The van der Waals surface area contributed by atoms with Crippen LogP contribution in [0.25, 0.3) is 0 Å². The number of thiocarbonyl (C=S) groups is 1. The van der Waals surface area contributed by atoms with E-state index in [1.165, 1.54) is 0 Å². The summed E-state index contributed by atoms with van der Waals surface area (Å²) in [6.07, 6.45) is -1.09. The quantitative estimate of drug-likeness (QED) is 0.285. The summed E-state index contributed by atoms with van der Waals surface area (Å²) in [6, 6.07) is 13.9. The molecular weight excluding hydrogens is 504 g/mol. The van der Waals surface area contributed by atoms with E-state index in [4.69, 9.17) is 58.6 Å². The second kappa shape index (κ2) is 9.44. The van der Waals surface area contributed by atoms with Crippen molar-refractivity contribution in [3.8, 4) is 0 Å². The van der Waals surface area contributed by atoms with Crippen LogP contribution in [0, 0.1) is 0 Å². The lowest BCUT2D eigenvalue weighted by Gasteiger charge is -2.28. The predicted octanol–water partition coefficient (Wildman–Crippen LogP) is 5.52. The monoisotopic (exact) mass is 513 g/mol. The van der Waals surface area contributed by atoms with Gasteiger partial charge in [-0.05, 0) is 52.4 Å². The largest absolute Gasteiger partial charge is 0.339 e. The van der Waals surface area contributed by atoms with Crippen LogP contribution in [-0.2, 0) is 0 Å². The molecule has 0 aromatic heterocycles. The van der Waals surface area contributed by atoms with Crippen LogP contribution in [0.3, 0.4) is 0 Å². The van der Waals surface area contributed by atoms with Gasteiger partial charge >= 0.3 is 0 Å². The molecule has 0 radical (unpaired) electrons. The number of amides is 1. The summed E-state index contributed by atoms with van der Waals surface area (Å²) in [5.41, 5.74) is 0.963. The molecule has 0 saturated carbocycles. The van der Waals surface area contributed by atoms with Crippen LogP contribution in [0.15, 0.2) is 53.0 Å². The third kappa shape index (κ3) is 6.15. The van der Waals surface area contributed by atoms with Crippen molar-refractivity contribution in [2.24, 2.45) is 0 Å². The van der Waals surface area contributed by atoms with Gasteiger partial charge in [-0.1, -0.05) is 70.7 Å². The molecule has 1 amide bonds. The number of rotatable bonds is 4. The second-order valence-corrected chi connectivity index (χ2v) is 9.04. The molecule has 0 aliphatic heterocycles. The Morgan fingerprint density at radius 1 is 1.04 bits per heavy atom. The van der Waals surface area contributed by atoms with Gasteiger partial charge < -0.3 is 16.0 Å². The molecule has 3 N–H and O–H groups in total. The summed E-state index contributed by atoms with van der Waals surface area (Å²) >= 11 is 32.5. The first kappa shape index (κ1) is 21.5. The molecule has 2 rings (SSSR count). The topological polar surface area (TPSA) is 53.2 Å². The number of para-hydroxylation sites is 1. The Hall–Kier alpha value is -0.760. The van der Waals surface area contributed by atoms with Gasteiger partial charge in [0.15, 0.2) is 5.11 Å². The van der Waals surface area contributed by atoms with Crippen LogP contribution in [0.2, 0.25) is 5.02 Å². The molecule has 0 bridgehead atoms. The second-order valence-electron chi connectivity index (χ2n) is 5.01. The lowest BCUT2D eigenvalue weighted by molar-refractivity contribution is 0.0934. The predicted molar refractivity (Wildman–Crippen MR) is 116 cm³/mol. The lowest BCUT2D eigenvalue weighted by atomic mass is 10.2. The fourth-order valence-corrected chi connectivity index (χ4v) is 3.11. The number of halogens is 5. The van der Waals surface area contributed by atoms with Crippen molar-refractivity contribution >= 4 is 91.3 Å². The minimum absolute atomic E-state index is 0.127. The van der Waals surface area contributed by atoms with Gasteiger partial charge in [-0.3, -0.25) is 4.79 Å². The molecule has 1 atom stereocenters. The van der Waals surface area contributed by atoms with Gasteiger partial charge in [0, 0.05) is 4.47 Å². The standard InChI is InChI=1S/C16H12BrCl4N3OS/c17-10-6-2-1-5-9(10)13(25)23-14(16(19,20)21)24-15(26)22-12-8-4-3-7-11(12)18/h1-8,14H,(H,23,25)(H2,22,24,26)/t14-/m0/s1. The molecule has 2 aromatic carbocycles. The number of carbonyl (C=O) groups is 1. The molecule has 0 spiro atoms. The van der Waals surface area contributed by atoms with E-state index in [0.717, 1.165) is 0 Å². The fraction of sp³-hybridized carbons (Fsp3) is 0.125. The number of hydrogen-bond donors (Lipinski definition) is 3. The van der Waals surface area contributed by atoms with Crippen LogP contribution in [-0.4, -0.2) is 21.0 Å². The average Bonchev–Trinajstić information content (AvgIpc) is 2.56. The molecule has 0 saturated heterocycles. The van der Waals surface area contributed by atoms with E-state index >= 15 is 0 Å². The Bertz CT molecular complexity index is 816. The summed E-state index contributed by atoms with van der Waals surface area (Å²) in [5.74, 6) is -0.443. The van der Waals surface area contributed by atoms with Crippen LogP contribution in [0.5, 0.6) is 0 Å². The lowest BCUT2D eigenvalue weighted by Crippen LogP contribution is -2.56. The molecule has 4 nitrogen and oxygen atoms in total. The van der Waals surface area contributed by atoms with Gasteiger partial charge in [0.1, 0.15) is 6.17 Å². The number of anilines is 1. The normalized spacial score (nSPS) is 12.2. The van der Waals surface area contributed by atoms with Gasteiger partial charge in [0.25, 0.3) is 5.91 Å². The van der Waals surface area contributed by atoms with Gasteiger partial charge in [-0.2, -0.15) is 0 Å². The highest BCUT2D eigenvalue weighted by Crippen LogP contribution is 2.30. The van der Waals surface area contributed by atoms with Gasteiger partial charge in [0.2, 0.25) is 3.79 Å². The average molecular weight is 516 g/mol. The zero-order valence-corrected chi connectivity index (χ0v) is 18.3. The van der Waals surface area contributed by atoms with Gasteiger partial charge in [-0.25, -0.2) is 0 Å². The summed E-state index contributed by atoms with van der Waals surface area (Å²) in [5, 5.41) is 8.87. The van der Waals surface area contributed by atoms with E-state index < -0.39 is 15.9 Å². The van der Waals surface area contributed by atoms with Crippen molar-refractivity contribution in [1.29, 1.82) is 0 Å². The van der Waals surface area contributed by atoms with E-state index in [0.29, 0.717) is 20.7 Å². The van der Waals surface area contributed by atoms with E-state index in [1.54, 1.807) is 48.5 Å². The Balaban J connectivity index is 2.10. The van der Waals surface area contributed by atoms with Crippen molar-refractivity contribution in [3.05, 3.63) is 63.6 Å². The fourth-order valence-electron chi connectivity index (χ4n) is 1.91. The third-order valence-electron chi connectivity index (χ3n) is 3.12. The van der Waals surface area contributed by atoms with Crippen LogP contribution < -0.4 is 16.0 Å². The Morgan fingerprint density at radius 3 is 2.27 bits per heavy atom. The van der Waals surface area contributed by atoms with E-state index in [9.17, 15) is 4.79 Å². The summed E-state index contributed by atoms with van der Waals surface area (Å²) in [4.78, 5) is 12.5. The minimum Gasteiger partial charge on any atom is -0.339 e. The molecule has 0 fully saturated rings. The van der Waals surface area contributed by atoms with Crippen molar-refractivity contribution in [3.63, 3.8) is 0 Å². The smallest absolute Gasteiger partial charge is 0.254 e. The van der Waals surface area contributed by atoms with Crippen molar-refractivity contribution < 1.29 is 4.79 Å². The highest BCUT2D eigenvalue weighted by atomic mass is 79.9. The summed E-state index contributed by atoms with van der Waals surface area (Å²) in [6.45, 7) is 0. The van der Waals surface area contributed by atoms with Gasteiger partial charge in [0.05, 0.1) is 16.3 Å². The van der Waals surface area contributed by atoms with Gasteiger partial charge in [-0.15, -0.1) is 0 Å². The Kier molecular flexibility index (Phi) is 7.82.